The average molecular weight is 451 g/mol. The Labute approximate surface area is 181 Å². The van der Waals surface area contributed by atoms with Crippen LogP contribution in [0.2, 0.25) is 5.15 Å². The van der Waals surface area contributed by atoms with Gasteiger partial charge >= 0.3 is 0 Å². The summed E-state index contributed by atoms with van der Waals surface area (Å²) in [5.74, 6) is -6.10. The van der Waals surface area contributed by atoms with Gasteiger partial charge < -0.3 is 10.6 Å². The molecule has 0 aliphatic heterocycles. The van der Waals surface area contributed by atoms with Gasteiger partial charge in [0.2, 0.25) is 5.91 Å². The fraction of sp³-hybridized carbons (Fsp3) is 0.190. The van der Waals surface area contributed by atoms with Gasteiger partial charge in [0.1, 0.15) is 5.15 Å². The minimum absolute atomic E-state index is 0.0978. The minimum Gasteiger partial charge on any atom is -0.343 e. The molecule has 2 N–H and O–H groups in total. The Balaban J connectivity index is 1.65. The molecule has 3 aromatic rings. The van der Waals surface area contributed by atoms with E-state index in [2.05, 4.69) is 15.7 Å². The molecule has 2 amide bonds. The summed E-state index contributed by atoms with van der Waals surface area (Å²) < 4.78 is 41.3. The summed E-state index contributed by atoms with van der Waals surface area (Å²) in [5, 5.41) is 8.79. The molecule has 31 heavy (non-hydrogen) atoms. The van der Waals surface area contributed by atoms with Crippen molar-refractivity contribution in [2.24, 2.45) is 0 Å². The first-order valence-electron chi connectivity index (χ1n) is 9.17. The van der Waals surface area contributed by atoms with Crippen molar-refractivity contribution < 1.29 is 22.8 Å². The van der Waals surface area contributed by atoms with Crippen LogP contribution in [0, 0.1) is 31.3 Å². The van der Waals surface area contributed by atoms with Gasteiger partial charge in [-0.05, 0) is 31.5 Å². The largest absolute Gasteiger partial charge is 0.343 e. The first kappa shape index (κ1) is 22.4. The molecular weight excluding hydrogens is 433 g/mol. The third-order valence-electron chi connectivity index (χ3n) is 4.46. The number of amides is 2. The number of aromatic nitrogens is 2. The molecule has 0 radical (unpaired) electrons. The van der Waals surface area contributed by atoms with E-state index in [-0.39, 0.29) is 10.7 Å². The van der Waals surface area contributed by atoms with Crippen LogP contribution in [0.4, 0.5) is 18.9 Å². The van der Waals surface area contributed by atoms with Crippen molar-refractivity contribution >= 4 is 29.1 Å². The quantitative estimate of drug-likeness (QED) is 0.558. The van der Waals surface area contributed by atoms with Gasteiger partial charge in [-0.1, -0.05) is 41.4 Å². The van der Waals surface area contributed by atoms with E-state index in [1.807, 2.05) is 31.2 Å². The van der Waals surface area contributed by atoms with Crippen molar-refractivity contribution in [3.63, 3.8) is 0 Å². The molecule has 0 aliphatic carbocycles. The number of benzene rings is 2. The van der Waals surface area contributed by atoms with Gasteiger partial charge in [0, 0.05) is 0 Å². The fourth-order valence-electron chi connectivity index (χ4n) is 2.85. The van der Waals surface area contributed by atoms with Gasteiger partial charge in [-0.3, -0.25) is 9.59 Å². The minimum atomic E-state index is -1.70. The molecule has 0 atom stereocenters. The van der Waals surface area contributed by atoms with Gasteiger partial charge in [0.15, 0.2) is 17.5 Å². The van der Waals surface area contributed by atoms with Gasteiger partial charge in [0.25, 0.3) is 5.91 Å². The second kappa shape index (κ2) is 9.22. The normalized spacial score (nSPS) is 10.8. The molecule has 0 fully saturated rings. The molecule has 0 spiro atoms. The van der Waals surface area contributed by atoms with E-state index in [4.69, 9.17) is 11.6 Å². The number of hydrogen-bond acceptors (Lipinski definition) is 3. The third-order valence-corrected chi connectivity index (χ3v) is 4.85. The van der Waals surface area contributed by atoms with Crippen LogP contribution >= 0.6 is 11.6 Å². The maximum Gasteiger partial charge on any atom is 0.256 e. The predicted molar refractivity (Wildman–Crippen MR) is 110 cm³/mol. The zero-order valence-electron chi connectivity index (χ0n) is 16.6. The van der Waals surface area contributed by atoms with Crippen molar-refractivity contribution in [1.82, 2.24) is 15.1 Å². The van der Waals surface area contributed by atoms with Gasteiger partial charge in [-0.25, -0.2) is 17.9 Å². The van der Waals surface area contributed by atoms with Crippen molar-refractivity contribution in [3.05, 3.63) is 81.4 Å². The van der Waals surface area contributed by atoms with Crippen LogP contribution < -0.4 is 10.6 Å². The molecule has 0 unspecified atom stereocenters. The number of carbonyl (C=O) groups is 2. The standard InChI is InChI=1S/C21H18ClF3N4O2/c1-11-3-5-13(6-4-11)10-29-20(22)17(12(2)28-29)21(31)26-9-16(30)27-15-8-7-14(23)18(24)19(15)25/h3-8H,9-10H2,1-2H3,(H,26,31)(H,27,30). The molecule has 6 nitrogen and oxygen atoms in total. The predicted octanol–water partition coefficient (Wildman–Crippen LogP) is 3.99. The lowest BCUT2D eigenvalue weighted by Gasteiger charge is -2.09. The van der Waals surface area contributed by atoms with Crippen LogP contribution in [0.25, 0.3) is 0 Å². The highest BCUT2D eigenvalue weighted by molar-refractivity contribution is 6.33. The van der Waals surface area contributed by atoms with Crippen LogP contribution in [0.1, 0.15) is 27.2 Å². The van der Waals surface area contributed by atoms with Gasteiger partial charge in [0.05, 0.1) is 30.0 Å². The zero-order valence-corrected chi connectivity index (χ0v) is 17.4. The molecule has 162 valence electrons. The van der Waals surface area contributed by atoms with Gasteiger partial charge in [-0.2, -0.15) is 5.10 Å². The molecule has 3 rings (SSSR count). The number of carbonyl (C=O) groups excluding carboxylic acids is 2. The summed E-state index contributed by atoms with van der Waals surface area (Å²) in [6.07, 6.45) is 0. The summed E-state index contributed by atoms with van der Waals surface area (Å²) in [7, 11) is 0. The summed E-state index contributed by atoms with van der Waals surface area (Å²) in [6.45, 7) is 3.37. The second-order valence-corrected chi connectivity index (χ2v) is 7.21. The molecule has 0 saturated carbocycles. The summed E-state index contributed by atoms with van der Waals surface area (Å²) in [5.41, 5.74) is 1.96. The van der Waals surface area contributed by atoms with E-state index in [9.17, 15) is 22.8 Å². The SMILES string of the molecule is Cc1ccc(Cn2nc(C)c(C(=O)NCC(=O)Nc3ccc(F)c(F)c3F)c2Cl)cc1. The zero-order chi connectivity index (χ0) is 22.7. The Morgan fingerprint density at radius 1 is 1.03 bits per heavy atom. The maximum absolute atomic E-state index is 13.7. The van der Waals surface area contributed by atoms with Crippen LogP contribution in [-0.2, 0) is 11.3 Å². The monoisotopic (exact) mass is 450 g/mol. The molecule has 0 aliphatic rings. The number of rotatable bonds is 6. The van der Waals surface area contributed by atoms with Crippen LogP contribution in [-0.4, -0.2) is 28.1 Å². The Hall–Kier alpha value is -3.33. The third kappa shape index (κ3) is 5.05. The van der Waals surface area contributed by atoms with Crippen molar-refractivity contribution in [2.45, 2.75) is 20.4 Å². The highest BCUT2D eigenvalue weighted by Crippen LogP contribution is 2.22. The van der Waals surface area contributed by atoms with Crippen LogP contribution in [0.15, 0.2) is 36.4 Å². The van der Waals surface area contributed by atoms with E-state index >= 15 is 0 Å². The summed E-state index contributed by atoms with van der Waals surface area (Å²) in [6, 6.07) is 9.29. The fourth-order valence-corrected chi connectivity index (χ4v) is 3.17. The number of aryl methyl sites for hydroxylation is 2. The molecule has 0 saturated heterocycles. The van der Waals surface area contributed by atoms with E-state index in [0.29, 0.717) is 18.3 Å². The Bertz CT molecular complexity index is 1150. The number of nitrogens with one attached hydrogen (secondary N) is 2. The first-order chi connectivity index (χ1) is 14.7. The van der Waals surface area contributed by atoms with Crippen LogP contribution in [0.3, 0.4) is 0 Å². The second-order valence-electron chi connectivity index (χ2n) is 6.85. The Morgan fingerprint density at radius 2 is 1.71 bits per heavy atom. The van der Waals surface area contributed by atoms with E-state index in [1.165, 1.54) is 4.68 Å². The summed E-state index contributed by atoms with van der Waals surface area (Å²) in [4.78, 5) is 24.5. The molecule has 1 aromatic heterocycles. The van der Waals surface area contributed by atoms with E-state index in [0.717, 1.165) is 17.2 Å². The lowest BCUT2D eigenvalue weighted by molar-refractivity contribution is -0.115. The number of nitrogens with zero attached hydrogens (tertiary/aromatic N) is 2. The molecule has 2 aromatic carbocycles. The molecule has 0 bridgehead atoms. The molecular formula is C21H18ClF3N4O2. The molecule has 10 heteroatoms. The van der Waals surface area contributed by atoms with E-state index in [1.54, 1.807) is 6.92 Å². The van der Waals surface area contributed by atoms with Gasteiger partial charge in [-0.15, -0.1) is 0 Å². The smallest absolute Gasteiger partial charge is 0.256 e. The first-order valence-corrected chi connectivity index (χ1v) is 9.55. The van der Waals surface area contributed by atoms with Crippen molar-refractivity contribution in [2.75, 3.05) is 11.9 Å². The lowest BCUT2D eigenvalue weighted by atomic mass is 10.1. The highest BCUT2D eigenvalue weighted by atomic mass is 35.5. The highest BCUT2D eigenvalue weighted by Gasteiger charge is 2.21. The topological polar surface area (TPSA) is 76.0 Å². The summed E-state index contributed by atoms with van der Waals surface area (Å²) >= 11 is 6.32. The maximum atomic E-state index is 13.7. The Kier molecular flexibility index (Phi) is 6.65. The van der Waals surface area contributed by atoms with E-state index < -0.39 is 41.5 Å². The number of hydrogen-bond donors (Lipinski definition) is 2. The number of halogens is 4. The van der Waals surface area contributed by atoms with Crippen LogP contribution in [0.5, 0.6) is 0 Å². The van der Waals surface area contributed by atoms with Crippen molar-refractivity contribution in [3.8, 4) is 0 Å². The Morgan fingerprint density at radius 3 is 2.39 bits per heavy atom. The lowest BCUT2D eigenvalue weighted by Crippen LogP contribution is -2.33. The van der Waals surface area contributed by atoms with Crippen molar-refractivity contribution in [1.29, 1.82) is 0 Å². The number of anilines is 1. The average Bonchev–Trinajstić information content (AvgIpc) is 3.01. The molecule has 1 heterocycles.